The van der Waals surface area contributed by atoms with Crippen LogP contribution < -0.4 is 27.0 Å². The lowest BCUT2D eigenvalue weighted by atomic mass is 10.0. The van der Waals surface area contributed by atoms with Gasteiger partial charge >= 0.3 is 5.97 Å². The normalized spacial score (nSPS) is 18.5. The Kier molecular flexibility index (Phi) is 10.6. The molecule has 1 aromatic rings. The first kappa shape index (κ1) is 27.7. The second-order valence-electron chi connectivity index (χ2n) is 8.53. The van der Waals surface area contributed by atoms with Crippen LogP contribution in [0.15, 0.2) is 30.3 Å². The van der Waals surface area contributed by atoms with E-state index in [2.05, 4.69) is 21.3 Å². The maximum atomic E-state index is 13.0. The highest BCUT2D eigenvalue weighted by atomic mass is 16.4. The lowest BCUT2D eigenvalue weighted by molar-refractivity contribution is -0.142. The number of rotatable bonds is 13. The molecule has 1 saturated heterocycles. The molecule has 4 amide bonds. The number of carboxylic acids is 1. The first-order chi connectivity index (χ1) is 16.6. The van der Waals surface area contributed by atoms with E-state index in [1.807, 2.05) is 0 Å². The van der Waals surface area contributed by atoms with Gasteiger partial charge in [0.25, 0.3) is 0 Å². The van der Waals surface area contributed by atoms with E-state index in [1.54, 1.807) is 30.3 Å². The molecule has 1 fully saturated rings. The van der Waals surface area contributed by atoms with Crippen molar-refractivity contribution in [2.45, 2.75) is 69.3 Å². The monoisotopic (exact) mass is 491 g/mol. The highest BCUT2D eigenvalue weighted by molar-refractivity contribution is 5.94. The summed E-state index contributed by atoms with van der Waals surface area (Å²) in [6, 6.07) is 4.29. The summed E-state index contributed by atoms with van der Waals surface area (Å²) in [6.07, 6.45) is -0.306. The van der Waals surface area contributed by atoms with Crippen molar-refractivity contribution in [3.63, 3.8) is 0 Å². The van der Waals surface area contributed by atoms with Crippen molar-refractivity contribution < 1.29 is 34.2 Å². The summed E-state index contributed by atoms with van der Waals surface area (Å²) in [7, 11) is 0. The predicted molar refractivity (Wildman–Crippen MR) is 125 cm³/mol. The number of nitrogens with one attached hydrogen (secondary N) is 4. The molecule has 0 bridgehead atoms. The molecule has 0 aromatic heterocycles. The lowest BCUT2D eigenvalue weighted by Gasteiger charge is -2.26. The largest absolute Gasteiger partial charge is 0.480 e. The third kappa shape index (κ3) is 8.98. The van der Waals surface area contributed by atoms with E-state index in [0.29, 0.717) is 18.5 Å². The fourth-order valence-corrected chi connectivity index (χ4v) is 3.70. The number of benzene rings is 1. The third-order valence-corrected chi connectivity index (χ3v) is 5.65. The SMILES string of the molecule is CC(O)C(NC(=O)C1CCCN1)C(=O)NC(Cc1ccccc1)C(=O)NC(CCC(N)=O)C(=O)O. The molecule has 0 aliphatic carbocycles. The van der Waals surface area contributed by atoms with Crippen LogP contribution in [0.2, 0.25) is 0 Å². The van der Waals surface area contributed by atoms with Crippen molar-refractivity contribution >= 4 is 29.6 Å². The molecule has 192 valence electrons. The zero-order valence-corrected chi connectivity index (χ0v) is 19.5. The van der Waals surface area contributed by atoms with E-state index < -0.39 is 59.9 Å². The maximum absolute atomic E-state index is 13.0. The molecule has 1 aliphatic heterocycles. The summed E-state index contributed by atoms with van der Waals surface area (Å²) in [5.74, 6) is -4.11. The van der Waals surface area contributed by atoms with Crippen LogP contribution in [0.3, 0.4) is 0 Å². The van der Waals surface area contributed by atoms with Crippen LogP contribution in [0.5, 0.6) is 0 Å². The van der Waals surface area contributed by atoms with Gasteiger partial charge in [0.2, 0.25) is 23.6 Å². The molecule has 5 unspecified atom stereocenters. The summed E-state index contributed by atoms with van der Waals surface area (Å²) in [4.78, 5) is 61.1. The second kappa shape index (κ2) is 13.4. The molecule has 0 spiro atoms. The Hall–Kier alpha value is -3.51. The van der Waals surface area contributed by atoms with Gasteiger partial charge in [0.15, 0.2) is 0 Å². The Morgan fingerprint density at radius 1 is 1.06 bits per heavy atom. The number of nitrogens with two attached hydrogens (primary N) is 1. The van der Waals surface area contributed by atoms with E-state index in [1.165, 1.54) is 6.92 Å². The summed E-state index contributed by atoms with van der Waals surface area (Å²) >= 11 is 0. The molecule has 0 radical (unpaired) electrons. The molecule has 1 aromatic carbocycles. The number of aliphatic carboxylic acids is 1. The first-order valence-electron chi connectivity index (χ1n) is 11.5. The second-order valence-corrected chi connectivity index (χ2v) is 8.53. The van der Waals surface area contributed by atoms with Crippen LogP contribution >= 0.6 is 0 Å². The van der Waals surface area contributed by atoms with Gasteiger partial charge < -0.3 is 37.2 Å². The van der Waals surface area contributed by atoms with E-state index in [9.17, 15) is 34.2 Å². The number of primary amides is 1. The number of carboxylic acid groups (broad SMARTS) is 1. The molecule has 8 N–H and O–H groups in total. The minimum absolute atomic E-state index is 0.0191. The van der Waals surface area contributed by atoms with Gasteiger partial charge in [0.05, 0.1) is 12.1 Å². The Labute approximate surface area is 203 Å². The minimum atomic E-state index is -1.40. The maximum Gasteiger partial charge on any atom is 0.326 e. The van der Waals surface area contributed by atoms with E-state index in [-0.39, 0.29) is 19.3 Å². The van der Waals surface area contributed by atoms with Crippen molar-refractivity contribution in [3.05, 3.63) is 35.9 Å². The standard InChI is InChI=1S/C23H33N5O7/c1-13(29)19(28-20(31)15-8-5-11-25-15)22(33)27-17(12-14-6-3-2-4-7-14)21(32)26-16(23(34)35)9-10-18(24)30/h2-4,6-7,13,15-17,19,25,29H,5,8-12H2,1H3,(H2,24,30)(H,26,32)(H,27,33)(H,28,31)(H,34,35). The number of hydrogen-bond donors (Lipinski definition) is 7. The molecular weight excluding hydrogens is 458 g/mol. The fourth-order valence-electron chi connectivity index (χ4n) is 3.70. The van der Waals surface area contributed by atoms with Crippen molar-refractivity contribution in [2.24, 2.45) is 5.73 Å². The van der Waals surface area contributed by atoms with Gasteiger partial charge in [0.1, 0.15) is 18.1 Å². The molecule has 5 atom stereocenters. The zero-order chi connectivity index (χ0) is 26.0. The summed E-state index contributed by atoms with van der Waals surface area (Å²) < 4.78 is 0. The highest BCUT2D eigenvalue weighted by Gasteiger charge is 2.33. The van der Waals surface area contributed by atoms with Crippen LogP contribution in [0.4, 0.5) is 0 Å². The predicted octanol–water partition coefficient (Wildman–Crippen LogP) is -1.83. The molecule has 1 heterocycles. The average Bonchev–Trinajstić information content (AvgIpc) is 3.34. The molecule has 0 saturated carbocycles. The lowest BCUT2D eigenvalue weighted by Crippen LogP contribution is -2.60. The summed E-state index contributed by atoms with van der Waals surface area (Å²) in [5.41, 5.74) is 5.77. The quantitative estimate of drug-likeness (QED) is 0.167. The molecule has 1 aliphatic rings. The molecular formula is C23H33N5O7. The Bertz CT molecular complexity index is 903. The summed E-state index contributed by atoms with van der Waals surface area (Å²) in [6.45, 7) is 2.01. The smallest absolute Gasteiger partial charge is 0.326 e. The number of amides is 4. The number of carbonyl (C=O) groups excluding carboxylic acids is 4. The van der Waals surface area contributed by atoms with Gasteiger partial charge in [-0.15, -0.1) is 0 Å². The summed E-state index contributed by atoms with van der Waals surface area (Å²) in [5, 5.41) is 29.9. The molecule has 2 rings (SSSR count). The molecule has 12 nitrogen and oxygen atoms in total. The Balaban J connectivity index is 2.17. The van der Waals surface area contributed by atoms with E-state index >= 15 is 0 Å². The number of aliphatic hydroxyl groups excluding tert-OH is 1. The third-order valence-electron chi connectivity index (χ3n) is 5.65. The fraction of sp³-hybridized carbons (Fsp3) is 0.522. The number of hydrogen-bond acceptors (Lipinski definition) is 7. The highest BCUT2D eigenvalue weighted by Crippen LogP contribution is 2.08. The zero-order valence-electron chi connectivity index (χ0n) is 19.5. The van der Waals surface area contributed by atoms with Crippen molar-refractivity contribution in [2.75, 3.05) is 6.54 Å². The van der Waals surface area contributed by atoms with Gasteiger partial charge in [-0.05, 0) is 38.3 Å². The van der Waals surface area contributed by atoms with E-state index in [0.717, 1.165) is 6.42 Å². The molecule has 35 heavy (non-hydrogen) atoms. The van der Waals surface area contributed by atoms with Crippen molar-refractivity contribution in [3.8, 4) is 0 Å². The average molecular weight is 492 g/mol. The number of aliphatic hydroxyl groups is 1. The van der Waals surface area contributed by atoms with E-state index in [4.69, 9.17) is 5.73 Å². The van der Waals surface area contributed by atoms with Crippen LogP contribution in [0.25, 0.3) is 0 Å². The van der Waals surface area contributed by atoms with Crippen LogP contribution in [0.1, 0.15) is 38.2 Å². The topological polar surface area (TPSA) is 200 Å². The Morgan fingerprint density at radius 3 is 2.26 bits per heavy atom. The molecule has 12 heteroatoms. The number of carbonyl (C=O) groups is 5. The minimum Gasteiger partial charge on any atom is -0.480 e. The van der Waals surface area contributed by atoms with Crippen LogP contribution in [0, 0.1) is 0 Å². The van der Waals surface area contributed by atoms with Gasteiger partial charge in [-0.1, -0.05) is 30.3 Å². The van der Waals surface area contributed by atoms with Gasteiger partial charge in [-0.25, -0.2) is 4.79 Å². The van der Waals surface area contributed by atoms with Crippen LogP contribution in [-0.4, -0.2) is 76.6 Å². The van der Waals surface area contributed by atoms with Gasteiger partial charge in [0, 0.05) is 12.8 Å². The van der Waals surface area contributed by atoms with Crippen molar-refractivity contribution in [1.29, 1.82) is 0 Å². The first-order valence-corrected chi connectivity index (χ1v) is 11.5. The van der Waals surface area contributed by atoms with Crippen LogP contribution in [-0.2, 0) is 30.4 Å². The van der Waals surface area contributed by atoms with Gasteiger partial charge in [-0.3, -0.25) is 19.2 Å². The van der Waals surface area contributed by atoms with Crippen molar-refractivity contribution in [1.82, 2.24) is 21.3 Å². The van der Waals surface area contributed by atoms with Gasteiger partial charge in [-0.2, -0.15) is 0 Å². The Morgan fingerprint density at radius 2 is 1.71 bits per heavy atom.